The second-order valence-corrected chi connectivity index (χ2v) is 9.72. The number of carboxylic acid groups (broad SMARTS) is 2. The lowest BCUT2D eigenvalue weighted by molar-refractivity contribution is -0.138. The SMILES string of the molecule is Cc1cc(-c2ccc3c(=O)c4ccc(F)cc4n(CC(=O)O)c3c2)cc2c1c(=O)c1ccccc1n2CC(=O)O. The number of aromatic nitrogens is 2. The van der Waals surface area contributed by atoms with Crippen LogP contribution in [0.2, 0.25) is 0 Å². The number of halogens is 1. The summed E-state index contributed by atoms with van der Waals surface area (Å²) in [6.07, 6.45) is 0. The second-order valence-electron chi connectivity index (χ2n) is 9.72. The minimum atomic E-state index is -1.16. The van der Waals surface area contributed by atoms with E-state index in [1.807, 2.05) is 0 Å². The lowest BCUT2D eigenvalue weighted by Gasteiger charge is -2.17. The van der Waals surface area contributed by atoms with E-state index in [0.29, 0.717) is 44.0 Å². The van der Waals surface area contributed by atoms with E-state index in [1.165, 1.54) is 10.6 Å². The van der Waals surface area contributed by atoms with Crippen molar-refractivity contribution >= 4 is 55.6 Å². The Labute approximate surface area is 224 Å². The molecule has 0 spiro atoms. The van der Waals surface area contributed by atoms with Crippen LogP contribution in [0.15, 0.2) is 82.4 Å². The van der Waals surface area contributed by atoms with Crippen LogP contribution in [0.4, 0.5) is 4.39 Å². The van der Waals surface area contributed by atoms with Crippen LogP contribution in [-0.4, -0.2) is 31.3 Å². The van der Waals surface area contributed by atoms with Gasteiger partial charge in [0.1, 0.15) is 18.9 Å². The molecule has 0 aliphatic carbocycles. The lowest BCUT2D eigenvalue weighted by atomic mass is 9.96. The summed E-state index contributed by atoms with van der Waals surface area (Å²) in [5, 5.41) is 20.6. The van der Waals surface area contributed by atoms with Gasteiger partial charge in [0.15, 0.2) is 10.9 Å². The maximum absolute atomic E-state index is 14.2. The van der Waals surface area contributed by atoms with Crippen LogP contribution in [0.5, 0.6) is 0 Å². The first-order valence-corrected chi connectivity index (χ1v) is 12.4. The van der Waals surface area contributed by atoms with E-state index >= 15 is 0 Å². The molecule has 0 unspecified atom stereocenters. The predicted octanol–water partition coefficient (Wildman–Crippen LogP) is 4.91. The smallest absolute Gasteiger partial charge is 0.323 e. The Morgan fingerprint density at radius 2 is 1.25 bits per heavy atom. The average molecular weight is 537 g/mol. The fourth-order valence-electron chi connectivity index (χ4n) is 5.54. The quantitative estimate of drug-likeness (QED) is 0.303. The summed E-state index contributed by atoms with van der Waals surface area (Å²) >= 11 is 0. The fraction of sp³-hybridized carbons (Fsp3) is 0.0968. The summed E-state index contributed by atoms with van der Waals surface area (Å²) in [6.45, 7) is 0.902. The third-order valence-electron chi connectivity index (χ3n) is 7.22. The molecule has 2 heterocycles. The van der Waals surface area contributed by atoms with Gasteiger partial charge in [0.05, 0.1) is 22.1 Å². The highest BCUT2D eigenvalue weighted by atomic mass is 19.1. The van der Waals surface area contributed by atoms with Crippen LogP contribution < -0.4 is 10.9 Å². The molecule has 198 valence electrons. The van der Waals surface area contributed by atoms with Crippen LogP contribution >= 0.6 is 0 Å². The van der Waals surface area contributed by atoms with Crippen LogP contribution in [0.25, 0.3) is 54.7 Å². The van der Waals surface area contributed by atoms with E-state index in [-0.39, 0.29) is 33.7 Å². The largest absolute Gasteiger partial charge is 0.480 e. The molecule has 0 atom stereocenters. The number of carbonyl (C=O) groups is 2. The molecule has 4 aromatic carbocycles. The summed E-state index contributed by atoms with van der Waals surface area (Å²) in [5.41, 5.74) is 2.70. The van der Waals surface area contributed by atoms with Crippen LogP contribution in [0.3, 0.4) is 0 Å². The number of hydrogen-bond acceptors (Lipinski definition) is 4. The van der Waals surface area contributed by atoms with E-state index in [0.717, 1.165) is 12.1 Å². The highest BCUT2D eigenvalue weighted by Gasteiger charge is 2.18. The van der Waals surface area contributed by atoms with Crippen molar-refractivity contribution in [2.24, 2.45) is 0 Å². The Kier molecular flexibility index (Phi) is 5.72. The molecule has 9 heteroatoms. The average Bonchev–Trinajstić information content (AvgIpc) is 2.92. The van der Waals surface area contributed by atoms with Crippen molar-refractivity contribution in [1.29, 1.82) is 0 Å². The number of rotatable bonds is 5. The summed E-state index contributed by atoms with van der Waals surface area (Å²) in [5.74, 6) is -2.83. The molecule has 2 aromatic heterocycles. The lowest BCUT2D eigenvalue weighted by Crippen LogP contribution is -2.17. The van der Waals surface area contributed by atoms with Crippen LogP contribution in [0, 0.1) is 12.7 Å². The molecular formula is C31H21FN2O6. The third kappa shape index (κ3) is 3.90. The van der Waals surface area contributed by atoms with Gasteiger partial charge in [0.25, 0.3) is 0 Å². The van der Waals surface area contributed by atoms with Crippen molar-refractivity contribution in [3.63, 3.8) is 0 Å². The van der Waals surface area contributed by atoms with Gasteiger partial charge < -0.3 is 19.3 Å². The van der Waals surface area contributed by atoms with Gasteiger partial charge in [-0.3, -0.25) is 19.2 Å². The summed E-state index contributed by atoms with van der Waals surface area (Å²) in [7, 11) is 0. The number of fused-ring (bicyclic) bond motifs is 4. The van der Waals surface area contributed by atoms with Gasteiger partial charge in [-0.25, -0.2) is 4.39 Å². The molecular weight excluding hydrogens is 515 g/mol. The molecule has 0 saturated carbocycles. The molecule has 6 aromatic rings. The molecule has 0 bridgehead atoms. The van der Waals surface area contributed by atoms with Crippen LogP contribution in [0.1, 0.15) is 5.56 Å². The van der Waals surface area contributed by atoms with Gasteiger partial charge in [-0.1, -0.05) is 24.3 Å². The van der Waals surface area contributed by atoms with Crippen molar-refractivity contribution in [3.05, 3.63) is 105 Å². The Morgan fingerprint density at radius 1 is 0.675 bits per heavy atom. The van der Waals surface area contributed by atoms with Crippen molar-refractivity contribution < 1.29 is 24.2 Å². The van der Waals surface area contributed by atoms with E-state index in [9.17, 15) is 33.8 Å². The highest BCUT2D eigenvalue weighted by Crippen LogP contribution is 2.31. The van der Waals surface area contributed by atoms with Crippen LogP contribution in [-0.2, 0) is 22.7 Å². The number of hydrogen-bond donors (Lipinski definition) is 2. The topological polar surface area (TPSA) is 119 Å². The van der Waals surface area contributed by atoms with E-state index in [2.05, 4.69) is 0 Å². The van der Waals surface area contributed by atoms with E-state index in [4.69, 9.17) is 0 Å². The molecule has 6 rings (SSSR count). The van der Waals surface area contributed by atoms with Gasteiger partial charge in [-0.05, 0) is 72.1 Å². The normalized spacial score (nSPS) is 11.6. The number of benzene rings is 4. The zero-order valence-corrected chi connectivity index (χ0v) is 21.1. The van der Waals surface area contributed by atoms with E-state index < -0.39 is 24.3 Å². The Bertz CT molecular complexity index is 2200. The third-order valence-corrected chi connectivity index (χ3v) is 7.22. The minimum absolute atomic E-state index is 0.161. The minimum Gasteiger partial charge on any atom is -0.480 e. The molecule has 0 saturated heterocycles. The molecule has 0 amide bonds. The Balaban J connectivity index is 1.69. The van der Waals surface area contributed by atoms with Gasteiger partial charge in [-0.2, -0.15) is 0 Å². The predicted molar refractivity (Wildman–Crippen MR) is 150 cm³/mol. The van der Waals surface area contributed by atoms with E-state index in [1.54, 1.807) is 66.1 Å². The maximum atomic E-state index is 14.2. The Morgan fingerprint density at radius 3 is 1.95 bits per heavy atom. The van der Waals surface area contributed by atoms with Crippen molar-refractivity contribution in [2.45, 2.75) is 20.0 Å². The molecule has 8 nitrogen and oxygen atoms in total. The maximum Gasteiger partial charge on any atom is 0.323 e. The summed E-state index contributed by atoms with van der Waals surface area (Å²) in [4.78, 5) is 50.2. The number of pyridine rings is 2. The number of aryl methyl sites for hydroxylation is 1. The first-order valence-electron chi connectivity index (χ1n) is 12.4. The Hall–Kier alpha value is -5.31. The summed E-state index contributed by atoms with van der Waals surface area (Å²) in [6, 6.07) is 19.0. The molecule has 0 radical (unpaired) electrons. The van der Waals surface area contributed by atoms with Gasteiger partial charge in [0, 0.05) is 21.5 Å². The zero-order valence-electron chi connectivity index (χ0n) is 21.1. The van der Waals surface area contributed by atoms with Gasteiger partial charge in [0.2, 0.25) is 0 Å². The molecule has 0 aliphatic heterocycles. The first-order chi connectivity index (χ1) is 19.1. The van der Waals surface area contributed by atoms with Crippen molar-refractivity contribution in [3.8, 4) is 11.1 Å². The highest BCUT2D eigenvalue weighted by molar-refractivity contribution is 6.00. The molecule has 0 fully saturated rings. The first kappa shape index (κ1) is 25.0. The number of nitrogens with zero attached hydrogens (tertiary/aromatic N) is 2. The van der Waals surface area contributed by atoms with Crippen molar-refractivity contribution in [1.82, 2.24) is 9.13 Å². The molecule has 40 heavy (non-hydrogen) atoms. The summed E-state index contributed by atoms with van der Waals surface area (Å²) < 4.78 is 17.1. The monoisotopic (exact) mass is 536 g/mol. The van der Waals surface area contributed by atoms with Crippen molar-refractivity contribution in [2.75, 3.05) is 0 Å². The van der Waals surface area contributed by atoms with Gasteiger partial charge >= 0.3 is 11.9 Å². The zero-order chi connectivity index (χ0) is 28.3. The number of carboxylic acids is 2. The number of aliphatic carboxylic acids is 2. The molecule has 2 N–H and O–H groups in total. The second kappa shape index (κ2) is 9.16. The standard InChI is InChI=1S/C31H21FN2O6/c1-16-10-18(12-26-29(16)31(40)20-4-2-3-5-23(20)33(26)14-27(35)36)17-6-8-21-24(11-17)34(15-28(37)38)25-13-19(32)7-9-22(25)30(21)39/h2-13H,14-15H2,1H3,(H,35,36)(H,37,38). The number of para-hydroxylation sites is 1. The molecule has 0 aliphatic rings. The van der Waals surface area contributed by atoms with Gasteiger partial charge in [-0.15, -0.1) is 0 Å². The fourth-order valence-corrected chi connectivity index (χ4v) is 5.54.